The van der Waals surface area contributed by atoms with Gasteiger partial charge in [-0.25, -0.2) is 0 Å². The highest BCUT2D eigenvalue weighted by Crippen LogP contribution is 2.32. The van der Waals surface area contributed by atoms with Gasteiger partial charge in [0.1, 0.15) is 16.8 Å². The third-order valence-electron chi connectivity index (χ3n) is 2.14. The number of hydrogen-bond acceptors (Lipinski definition) is 4. The second kappa shape index (κ2) is 6.12. The lowest BCUT2D eigenvalue weighted by molar-refractivity contribution is -0.142. The molecule has 1 rings (SSSR count). The Kier molecular flexibility index (Phi) is 4.80. The highest BCUT2D eigenvalue weighted by Gasteiger charge is 2.15. The molecule has 0 aliphatic carbocycles. The van der Waals surface area contributed by atoms with Gasteiger partial charge in [0, 0.05) is 5.56 Å². The maximum atomic E-state index is 11.4. The predicted octanol–water partition coefficient (Wildman–Crippen LogP) is 2.33. The SMILES string of the molecule is CCOC(=O)Cc1ccc(C#N)c(Cl)c1OC. The third kappa shape index (κ3) is 3.11. The first-order chi connectivity index (χ1) is 8.13. The Balaban J connectivity index is 3.05. The van der Waals surface area contributed by atoms with Crippen molar-refractivity contribution in [1.82, 2.24) is 0 Å². The van der Waals surface area contributed by atoms with Gasteiger partial charge in [0.25, 0.3) is 0 Å². The maximum Gasteiger partial charge on any atom is 0.310 e. The van der Waals surface area contributed by atoms with Gasteiger partial charge in [-0.05, 0) is 13.0 Å². The Labute approximate surface area is 105 Å². The molecule has 1 aromatic carbocycles. The van der Waals surface area contributed by atoms with Crippen LogP contribution in [-0.4, -0.2) is 19.7 Å². The molecule has 0 heterocycles. The van der Waals surface area contributed by atoms with Crippen LogP contribution in [-0.2, 0) is 16.0 Å². The minimum Gasteiger partial charge on any atom is -0.495 e. The van der Waals surface area contributed by atoms with Gasteiger partial charge in [0.15, 0.2) is 0 Å². The molecular formula is C12H12ClNO3. The monoisotopic (exact) mass is 253 g/mol. The number of carbonyl (C=O) groups excluding carboxylic acids is 1. The smallest absolute Gasteiger partial charge is 0.310 e. The van der Waals surface area contributed by atoms with Gasteiger partial charge in [-0.3, -0.25) is 4.79 Å². The topological polar surface area (TPSA) is 59.3 Å². The van der Waals surface area contributed by atoms with Crippen LogP contribution in [0.15, 0.2) is 12.1 Å². The lowest BCUT2D eigenvalue weighted by Crippen LogP contribution is -2.08. The molecule has 0 atom stereocenters. The Morgan fingerprint density at radius 3 is 2.76 bits per heavy atom. The fourth-order valence-corrected chi connectivity index (χ4v) is 1.71. The number of halogens is 1. The van der Waals surface area contributed by atoms with Gasteiger partial charge in [-0.2, -0.15) is 5.26 Å². The van der Waals surface area contributed by atoms with Gasteiger partial charge < -0.3 is 9.47 Å². The number of nitrogens with zero attached hydrogens (tertiary/aromatic N) is 1. The molecular weight excluding hydrogens is 242 g/mol. The summed E-state index contributed by atoms with van der Waals surface area (Å²) in [6.07, 6.45) is 0.0719. The molecule has 0 amide bonds. The first kappa shape index (κ1) is 13.3. The van der Waals surface area contributed by atoms with Crippen LogP contribution in [0.5, 0.6) is 5.75 Å². The summed E-state index contributed by atoms with van der Waals surface area (Å²) in [6.45, 7) is 2.06. The summed E-state index contributed by atoms with van der Waals surface area (Å²) in [4.78, 5) is 11.4. The first-order valence-electron chi connectivity index (χ1n) is 5.05. The molecule has 0 aliphatic rings. The van der Waals surface area contributed by atoms with Crippen LogP contribution in [0.3, 0.4) is 0 Å². The molecule has 0 fully saturated rings. The minimum atomic E-state index is -0.355. The molecule has 0 aromatic heterocycles. The fraction of sp³-hybridized carbons (Fsp3) is 0.333. The summed E-state index contributed by atoms with van der Waals surface area (Å²) in [5.41, 5.74) is 0.922. The molecule has 5 heteroatoms. The van der Waals surface area contributed by atoms with Gasteiger partial charge in [-0.1, -0.05) is 17.7 Å². The number of esters is 1. The number of nitriles is 1. The van der Waals surface area contributed by atoms with E-state index in [9.17, 15) is 4.79 Å². The van der Waals surface area contributed by atoms with Crippen molar-refractivity contribution in [3.8, 4) is 11.8 Å². The van der Waals surface area contributed by atoms with Crippen molar-refractivity contribution in [2.24, 2.45) is 0 Å². The molecule has 4 nitrogen and oxygen atoms in total. The molecule has 0 saturated carbocycles. The molecule has 0 N–H and O–H groups in total. The number of rotatable bonds is 4. The summed E-state index contributed by atoms with van der Waals surface area (Å²) in [5.74, 6) is -0.00894. The Morgan fingerprint density at radius 2 is 2.24 bits per heavy atom. The van der Waals surface area contributed by atoms with Crippen LogP contribution < -0.4 is 4.74 Å². The number of ether oxygens (including phenoxy) is 2. The third-order valence-corrected chi connectivity index (χ3v) is 2.52. The van der Waals surface area contributed by atoms with Gasteiger partial charge in [0.05, 0.1) is 25.7 Å². The zero-order chi connectivity index (χ0) is 12.8. The number of benzene rings is 1. The van der Waals surface area contributed by atoms with Crippen molar-refractivity contribution in [2.75, 3.05) is 13.7 Å². The summed E-state index contributed by atoms with van der Waals surface area (Å²) in [5, 5.41) is 9.03. The van der Waals surface area contributed by atoms with Crippen molar-refractivity contribution in [1.29, 1.82) is 5.26 Å². The van der Waals surface area contributed by atoms with Crippen molar-refractivity contribution in [2.45, 2.75) is 13.3 Å². The molecule has 90 valence electrons. The molecule has 0 aliphatic heterocycles. The van der Waals surface area contributed by atoms with E-state index in [2.05, 4.69) is 0 Å². The summed E-state index contributed by atoms with van der Waals surface area (Å²) in [6, 6.07) is 5.14. The van der Waals surface area contributed by atoms with E-state index < -0.39 is 0 Å². The van der Waals surface area contributed by atoms with E-state index in [1.165, 1.54) is 7.11 Å². The van der Waals surface area contributed by atoms with E-state index >= 15 is 0 Å². The Morgan fingerprint density at radius 1 is 1.53 bits per heavy atom. The van der Waals surface area contributed by atoms with Crippen LogP contribution in [0.2, 0.25) is 5.02 Å². The van der Waals surface area contributed by atoms with E-state index in [1.54, 1.807) is 19.1 Å². The van der Waals surface area contributed by atoms with Crippen molar-refractivity contribution >= 4 is 17.6 Å². The first-order valence-corrected chi connectivity index (χ1v) is 5.42. The molecule has 0 bridgehead atoms. The summed E-state index contributed by atoms with van der Waals surface area (Å²) < 4.78 is 9.95. The number of carbonyl (C=O) groups is 1. The van der Waals surface area contributed by atoms with Crippen molar-refractivity contribution in [3.63, 3.8) is 0 Å². The lowest BCUT2D eigenvalue weighted by Gasteiger charge is -2.10. The second-order valence-corrected chi connectivity index (χ2v) is 3.59. The molecule has 0 saturated heterocycles. The fourth-order valence-electron chi connectivity index (χ4n) is 1.41. The second-order valence-electron chi connectivity index (χ2n) is 3.21. The van der Waals surface area contributed by atoms with Crippen LogP contribution in [0.1, 0.15) is 18.1 Å². The summed E-state index contributed by atoms with van der Waals surface area (Å²) >= 11 is 5.98. The molecule has 0 radical (unpaired) electrons. The molecule has 0 spiro atoms. The van der Waals surface area contributed by atoms with E-state index in [4.69, 9.17) is 26.3 Å². The number of methoxy groups -OCH3 is 1. The van der Waals surface area contributed by atoms with Crippen LogP contribution in [0.25, 0.3) is 0 Å². The predicted molar refractivity (Wildman–Crippen MR) is 63.1 cm³/mol. The van der Waals surface area contributed by atoms with Crippen molar-refractivity contribution < 1.29 is 14.3 Å². The van der Waals surface area contributed by atoms with Gasteiger partial charge >= 0.3 is 5.97 Å². The average molecular weight is 254 g/mol. The van der Waals surface area contributed by atoms with Gasteiger partial charge in [-0.15, -0.1) is 0 Å². The quantitative estimate of drug-likeness (QED) is 0.773. The minimum absolute atomic E-state index is 0.0719. The van der Waals surface area contributed by atoms with Crippen LogP contribution in [0, 0.1) is 11.3 Å². The van der Waals surface area contributed by atoms with E-state index in [1.807, 2.05) is 6.07 Å². The van der Waals surface area contributed by atoms with E-state index in [-0.39, 0.29) is 17.4 Å². The van der Waals surface area contributed by atoms with Crippen LogP contribution in [0.4, 0.5) is 0 Å². The maximum absolute atomic E-state index is 11.4. The molecule has 17 heavy (non-hydrogen) atoms. The zero-order valence-corrected chi connectivity index (χ0v) is 10.4. The normalized spacial score (nSPS) is 9.53. The van der Waals surface area contributed by atoms with Crippen molar-refractivity contribution in [3.05, 3.63) is 28.3 Å². The highest BCUT2D eigenvalue weighted by molar-refractivity contribution is 6.33. The number of hydrogen-bond donors (Lipinski definition) is 0. The van der Waals surface area contributed by atoms with E-state index in [0.717, 1.165) is 0 Å². The zero-order valence-electron chi connectivity index (χ0n) is 9.62. The molecule has 1 aromatic rings. The average Bonchev–Trinajstić information content (AvgIpc) is 2.30. The largest absolute Gasteiger partial charge is 0.495 e. The highest BCUT2D eigenvalue weighted by atomic mass is 35.5. The van der Waals surface area contributed by atoms with E-state index in [0.29, 0.717) is 23.5 Å². The summed E-state index contributed by atoms with van der Waals surface area (Å²) in [7, 11) is 1.44. The standard InChI is InChI=1S/C12H12ClNO3/c1-3-17-10(15)6-8-4-5-9(7-14)11(13)12(8)16-2/h4-5H,3,6H2,1-2H3. The lowest BCUT2D eigenvalue weighted by atomic mass is 10.1. The molecule has 0 unspecified atom stereocenters. The Bertz CT molecular complexity index is 466. The van der Waals surface area contributed by atoms with Crippen LogP contribution >= 0.6 is 11.6 Å². The van der Waals surface area contributed by atoms with Gasteiger partial charge in [0.2, 0.25) is 0 Å². The Hall–Kier alpha value is -1.73.